The van der Waals surface area contributed by atoms with Gasteiger partial charge < -0.3 is 8.98 Å². The first-order chi connectivity index (χ1) is 24.6. The predicted molar refractivity (Wildman–Crippen MR) is 208 cm³/mol. The Hall–Kier alpha value is -6.39. The molecule has 50 heavy (non-hydrogen) atoms. The molecule has 0 atom stereocenters. The molecule has 0 bridgehead atoms. The Labute approximate surface area is 289 Å². The fourth-order valence-electron chi connectivity index (χ4n) is 7.71. The van der Waals surface area contributed by atoms with Crippen molar-refractivity contribution in [1.82, 2.24) is 14.1 Å². The number of nitrogens with zero attached hydrogens (tertiary/aromatic N) is 3. The third-order valence-electron chi connectivity index (χ3n) is 10.0. The van der Waals surface area contributed by atoms with Crippen LogP contribution in [0.25, 0.3) is 88.4 Å². The van der Waals surface area contributed by atoms with Crippen LogP contribution in [0, 0.1) is 0 Å². The van der Waals surface area contributed by atoms with Crippen LogP contribution in [0.4, 0.5) is 0 Å². The second kappa shape index (κ2) is 11.1. The first-order valence-electron chi connectivity index (χ1n) is 17.2. The van der Waals surface area contributed by atoms with Crippen LogP contribution in [0.15, 0.2) is 162 Å². The number of benzene rings is 7. The Balaban J connectivity index is 1.23. The molecule has 4 nitrogen and oxygen atoms in total. The molecule has 0 fully saturated rings. The van der Waals surface area contributed by atoms with E-state index in [9.17, 15) is 0 Å². The highest BCUT2D eigenvalue weighted by Crippen LogP contribution is 2.39. The summed E-state index contributed by atoms with van der Waals surface area (Å²) in [6.45, 7) is 4.42. The summed E-state index contributed by atoms with van der Waals surface area (Å²) in [5.74, 6) is 1.33. The molecule has 0 aliphatic carbocycles. The third-order valence-corrected chi connectivity index (χ3v) is 10.0. The molecule has 0 amide bonds. The summed E-state index contributed by atoms with van der Waals surface area (Å²) < 4.78 is 10.9. The molecule has 0 aliphatic heterocycles. The highest BCUT2D eigenvalue weighted by atomic mass is 16.3. The molecule has 238 valence electrons. The fourth-order valence-corrected chi connectivity index (χ4v) is 7.71. The molecule has 0 radical (unpaired) electrons. The van der Waals surface area contributed by atoms with E-state index >= 15 is 0 Å². The van der Waals surface area contributed by atoms with Gasteiger partial charge in [0.2, 0.25) is 0 Å². The number of hydrogen-bond donors (Lipinski definition) is 0. The minimum Gasteiger partial charge on any atom is -0.456 e. The predicted octanol–water partition coefficient (Wildman–Crippen LogP) is 12.5. The molecule has 0 N–H and O–H groups in total. The molecule has 0 unspecified atom stereocenters. The van der Waals surface area contributed by atoms with Crippen molar-refractivity contribution in [2.75, 3.05) is 0 Å². The summed E-state index contributed by atoms with van der Waals surface area (Å²) >= 11 is 0. The summed E-state index contributed by atoms with van der Waals surface area (Å²) in [6.07, 6.45) is 0. The van der Waals surface area contributed by atoms with E-state index in [1.807, 2.05) is 12.1 Å². The lowest BCUT2D eigenvalue weighted by Gasteiger charge is -2.16. The lowest BCUT2D eigenvalue weighted by atomic mass is 9.96. The molecule has 0 aliphatic rings. The molecule has 3 aromatic heterocycles. The summed E-state index contributed by atoms with van der Waals surface area (Å²) in [5, 5.41) is 4.74. The minimum absolute atomic E-state index is 0.269. The molecule has 10 rings (SSSR count). The summed E-state index contributed by atoms with van der Waals surface area (Å²) in [5.41, 5.74) is 13.1. The van der Waals surface area contributed by atoms with Gasteiger partial charge in [0.25, 0.3) is 0 Å². The molecule has 10 aromatic rings. The smallest absolute Gasteiger partial charge is 0.135 e. The molecule has 7 aromatic carbocycles. The highest BCUT2D eigenvalue weighted by molar-refractivity contribution is 6.10. The van der Waals surface area contributed by atoms with Gasteiger partial charge in [-0.2, -0.15) is 0 Å². The maximum atomic E-state index is 6.21. The van der Waals surface area contributed by atoms with Crippen LogP contribution < -0.4 is 0 Å². The van der Waals surface area contributed by atoms with Gasteiger partial charge in [-0.15, -0.1) is 0 Å². The summed E-state index contributed by atoms with van der Waals surface area (Å²) in [6, 6.07) is 56.6. The fraction of sp³-hybridized carbons (Fsp3) is 0.0652. The second-order valence-corrected chi connectivity index (χ2v) is 13.4. The van der Waals surface area contributed by atoms with Gasteiger partial charge in [0.1, 0.15) is 17.0 Å². The normalized spacial score (nSPS) is 12.0. The minimum atomic E-state index is 0.269. The summed E-state index contributed by atoms with van der Waals surface area (Å²) in [7, 11) is 0. The van der Waals surface area contributed by atoms with Gasteiger partial charge in [-0.1, -0.05) is 98.8 Å². The molecule has 0 saturated heterocycles. The average molecular weight is 644 g/mol. The van der Waals surface area contributed by atoms with Crippen LogP contribution in [0.5, 0.6) is 0 Å². The number of hydrogen-bond acceptors (Lipinski definition) is 2. The van der Waals surface area contributed by atoms with Gasteiger partial charge in [0, 0.05) is 38.8 Å². The van der Waals surface area contributed by atoms with E-state index in [-0.39, 0.29) is 5.92 Å². The van der Waals surface area contributed by atoms with E-state index in [0.717, 1.165) is 72.4 Å². The molecule has 4 heteroatoms. The number of imidazole rings is 1. The van der Waals surface area contributed by atoms with Gasteiger partial charge in [0.15, 0.2) is 0 Å². The number of fused-ring (bicyclic) bond motifs is 7. The lowest BCUT2D eigenvalue weighted by molar-refractivity contribution is 0.669. The van der Waals surface area contributed by atoms with Crippen molar-refractivity contribution in [2.24, 2.45) is 0 Å². The monoisotopic (exact) mass is 643 g/mol. The second-order valence-electron chi connectivity index (χ2n) is 13.4. The van der Waals surface area contributed by atoms with E-state index in [0.29, 0.717) is 0 Å². The van der Waals surface area contributed by atoms with Crippen molar-refractivity contribution in [1.29, 1.82) is 0 Å². The van der Waals surface area contributed by atoms with Gasteiger partial charge in [-0.3, -0.25) is 4.57 Å². The first-order valence-corrected chi connectivity index (χ1v) is 17.2. The standard InChI is InChI=1S/C46H33N3O/c1-29(2)46-47-40-17-6-9-20-43(40)49(46)34-13-11-12-30(25-34)32-24-33(31-22-23-45-39(28-31)38-16-5-10-21-44(38)50-45)27-35(26-32)48-41-18-7-3-14-36(41)37-15-4-8-19-42(37)48/h3-29H,1-2H3. The SMILES string of the molecule is CC(C)c1nc2ccccc2n1-c1cccc(-c2cc(-c3ccc4oc5ccccc5c4c3)cc(-n3c4ccccc4c4ccccc43)c2)c1. The van der Waals surface area contributed by atoms with Gasteiger partial charge >= 0.3 is 0 Å². The van der Waals surface area contributed by atoms with Crippen molar-refractivity contribution in [3.8, 4) is 33.6 Å². The van der Waals surface area contributed by atoms with Crippen molar-refractivity contribution >= 4 is 54.8 Å². The van der Waals surface area contributed by atoms with E-state index in [1.165, 1.54) is 21.8 Å². The van der Waals surface area contributed by atoms with Crippen LogP contribution >= 0.6 is 0 Å². The third kappa shape index (κ3) is 4.42. The topological polar surface area (TPSA) is 35.9 Å². The highest BCUT2D eigenvalue weighted by Gasteiger charge is 2.18. The van der Waals surface area contributed by atoms with Crippen LogP contribution in [-0.4, -0.2) is 14.1 Å². The van der Waals surface area contributed by atoms with Gasteiger partial charge in [0.05, 0.1) is 22.1 Å². The summed E-state index contributed by atoms with van der Waals surface area (Å²) in [4.78, 5) is 5.04. The quantitative estimate of drug-likeness (QED) is 0.187. The lowest BCUT2D eigenvalue weighted by Crippen LogP contribution is -2.03. The number of aromatic nitrogens is 3. The Bertz CT molecular complexity index is 2870. The van der Waals surface area contributed by atoms with Crippen LogP contribution in [-0.2, 0) is 0 Å². The van der Waals surface area contributed by atoms with E-state index < -0.39 is 0 Å². The zero-order valence-corrected chi connectivity index (χ0v) is 27.8. The van der Waals surface area contributed by atoms with Crippen LogP contribution in [0.1, 0.15) is 25.6 Å². The van der Waals surface area contributed by atoms with E-state index in [1.54, 1.807) is 0 Å². The zero-order valence-electron chi connectivity index (χ0n) is 27.8. The van der Waals surface area contributed by atoms with Gasteiger partial charge in [-0.25, -0.2) is 4.98 Å². The largest absolute Gasteiger partial charge is 0.456 e. The number of rotatable bonds is 5. The number of furan rings is 1. The molecule has 3 heterocycles. The van der Waals surface area contributed by atoms with Gasteiger partial charge in [-0.05, 0) is 95.1 Å². The molecule has 0 spiro atoms. The van der Waals surface area contributed by atoms with E-state index in [2.05, 4.69) is 169 Å². The Kier molecular flexibility index (Phi) is 6.34. The van der Waals surface area contributed by atoms with Crippen molar-refractivity contribution < 1.29 is 4.42 Å². The average Bonchev–Trinajstić information content (AvgIpc) is 3.84. The van der Waals surface area contributed by atoms with E-state index in [4.69, 9.17) is 9.40 Å². The Morgan fingerprint density at radius 3 is 1.78 bits per heavy atom. The van der Waals surface area contributed by atoms with Crippen molar-refractivity contribution in [3.63, 3.8) is 0 Å². The molecular formula is C46H33N3O. The maximum absolute atomic E-state index is 6.21. The van der Waals surface area contributed by atoms with Crippen molar-refractivity contribution in [2.45, 2.75) is 19.8 Å². The molecular weight excluding hydrogens is 611 g/mol. The first kappa shape index (κ1) is 28.6. The van der Waals surface area contributed by atoms with Crippen LogP contribution in [0.2, 0.25) is 0 Å². The molecule has 0 saturated carbocycles. The van der Waals surface area contributed by atoms with Crippen LogP contribution in [0.3, 0.4) is 0 Å². The maximum Gasteiger partial charge on any atom is 0.135 e. The number of para-hydroxylation sites is 5. The van der Waals surface area contributed by atoms with Crippen molar-refractivity contribution in [3.05, 3.63) is 164 Å². The Morgan fingerprint density at radius 2 is 1.04 bits per heavy atom. The Morgan fingerprint density at radius 1 is 0.440 bits per heavy atom. The zero-order chi connectivity index (χ0) is 33.3.